The van der Waals surface area contributed by atoms with Crippen molar-refractivity contribution in [3.05, 3.63) is 0 Å². The van der Waals surface area contributed by atoms with Crippen LogP contribution in [0.5, 0.6) is 0 Å². The van der Waals surface area contributed by atoms with E-state index >= 15 is 0 Å². The fourth-order valence-electron chi connectivity index (χ4n) is 0. The first kappa shape index (κ1) is 110. The van der Waals surface area contributed by atoms with E-state index in [9.17, 15) is 0 Å². The van der Waals surface area contributed by atoms with Gasteiger partial charge in [-0.2, -0.15) is 0 Å². The minimum absolute atomic E-state index is 0. The Hall–Kier alpha value is 5.36. The van der Waals surface area contributed by atoms with E-state index in [2.05, 4.69) is 0 Å². The predicted octanol–water partition coefficient (Wildman–Crippen LogP) is -15.6. The van der Waals surface area contributed by atoms with Crippen LogP contribution in [0, 0.1) is 0 Å². The van der Waals surface area contributed by atoms with Crippen molar-refractivity contribution < 1.29 is 187 Å². The molecule has 0 amide bonds. The van der Waals surface area contributed by atoms with Crippen LogP contribution in [0.25, 0.3) is 0 Å². The van der Waals surface area contributed by atoms with Crippen LogP contribution in [0.3, 0.4) is 0 Å². The first-order valence-electron chi connectivity index (χ1n) is 0. The van der Waals surface area contributed by atoms with E-state index in [-0.39, 0.29) is 187 Å². The molecule has 4 nitrogen and oxygen atoms in total. The van der Waals surface area contributed by atoms with Crippen LogP contribution in [0.2, 0.25) is 0 Å². The molecule has 0 radical (unpaired) electrons. The van der Waals surface area contributed by atoms with Crippen molar-refractivity contribution in [2.75, 3.05) is 0 Å². The van der Waals surface area contributed by atoms with E-state index in [1.807, 2.05) is 0 Å². The van der Waals surface area contributed by atoms with Gasteiger partial charge in [0.05, 0.1) is 0 Å². The second-order valence-electron chi connectivity index (χ2n) is 0. The molecular weight excluding hydrogens is 242 g/mol. The van der Waals surface area contributed by atoms with E-state index in [0.29, 0.717) is 0 Å². The Labute approximate surface area is 182 Å². The first-order chi connectivity index (χ1) is 0. The van der Waals surface area contributed by atoms with Crippen LogP contribution in [0.4, 0.5) is 0 Å². The zero-order valence-corrected chi connectivity index (χ0v) is 18.0. The number of rotatable bonds is 0. The van der Waals surface area contributed by atoms with Gasteiger partial charge in [0.25, 0.3) is 0 Å². The Kier molecular flexibility index (Phi) is 984. The average Bonchev–Trinajstić information content (AvgIpc) is 0. The molecule has 0 rings (SSSR count). The van der Waals surface area contributed by atoms with Gasteiger partial charge in [-0.25, -0.2) is 0 Å². The van der Waals surface area contributed by atoms with E-state index in [1.165, 1.54) is 0 Å². The van der Waals surface area contributed by atoms with Gasteiger partial charge in [-0.05, 0) is 0 Å². The summed E-state index contributed by atoms with van der Waals surface area (Å²) in [5.41, 5.74) is 0. The third-order valence-electron chi connectivity index (χ3n) is 0. The van der Waals surface area contributed by atoms with Gasteiger partial charge in [0.1, 0.15) is 0 Å². The van der Waals surface area contributed by atoms with Gasteiger partial charge in [0.2, 0.25) is 0 Å². The average molecular weight is 245 g/mol. The summed E-state index contributed by atoms with van der Waals surface area (Å²) in [6.07, 6.45) is 0. The van der Waals surface area contributed by atoms with Crippen LogP contribution in [0.15, 0.2) is 0 Å². The normalized spacial score (nSPS) is 0. The van der Waals surface area contributed by atoms with Crippen molar-refractivity contribution in [3.63, 3.8) is 0 Å². The molecule has 0 saturated carbocycles. The molecule has 0 atom stereocenters. The van der Waals surface area contributed by atoms with E-state index in [4.69, 9.17) is 0 Å². The second-order valence-corrected chi connectivity index (χ2v) is 0. The molecule has 0 spiro atoms. The van der Waals surface area contributed by atoms with Crippen molar-refractivity contribution in [1.82, 2.24) is 0 Å². The summed E-state index contributed by atoms with van der Waals surface area (Å²) < 4.78 is 0. The Morgan fingerprint density at radius 2 is 0.400 bits per heavy atom. The molecule has 0 aliphatic rings. The molecule has 0 aromatic carbocycles. The van der Waals surface area contributed by atoms with Crippen molar-refractivity contribution in [2.24, 2.45) is 0 Å². The molecular formula is H2CuNa5O4. The summed E-state index contributed by atoms with van der Waals surface area (Å²) in [4.78, 5) is 0. The maximum atomic E-state index is 0. The monoisotopic (exact) mass is 244 g/mol. The van der Waals surface area contributed by atoms with Gasteiger partial charge >= 0.3 is 165 Å². The minimum Gasteiger partial charge on any atom is -2.00 e. The van der Waals surface area contributed by atoms with Crippen LogP contribution >= 0.6 is 0 Å². The van der Waals surface area contributed by atoms with Crippen molar-refractivity contribution in [3.8, 4) is 0 Å². The summed E-state index contributed by atoms with van der Waals surface area (Å²) in [7, 11) is 0. The van der Waals surface area contributed by atoms with Gasteiger partial charge in [-0.1, -0.05) is 0 Å². The Balaban J connectivity index is 0. The Bertz CT molecular complexity index is 13.6. The molecule has 0 saturated heterocycles. The van der Waals surface area contributed by atoms with Gasteiger partial charge in [-0.3, -0.25) is 0 Å². The van der Waals surface area contributed by atoms with E-state index < -0.39 is 0 Å². The zero-order valence-electron chi connectivity index (χ0n) is 7.01. The summed E-state index contributed by atoms with van der Waals surface area (Å²) >= 11 is 0. The quantitative estimate of drug-likeness (QED) is 0.393. The van der Waals surface area contributed by atoms with Crippen molar-refractivity contribution in [2.45, 2.75) is 0 Å². The number of hydrogen-bond acceptors (Lipinski definition) is 2. The van der Waals surface area contributed by atoms with E-state index in [0.717, 1.165) is 0 Å². The van der Waals surface area contributed by atoms with Crippen molar-refractivity contribution >= 4 is 0 Å². The summed E-state index contributed by atoms with van der Waals surface area (Å²) in [6.45, 7) is 0. The molecule has 0 aliphatic carbocycles. The smallest absolute Gasteiger partial charge is 1.00 e. The molecule has 0 heterocycles. The molecule has 0 aromatic rings. The predicted molar refractivity (Wildman–Crippen MR) is 5.24 cm³/mol. The standard InChI is InChI=1S/Cu.5Na.2H2O.2O/h;;;;;;2*1H2;;/q6*+1;;;2*-2/p-2. The molecule has 2 N–H and O–H groups in total. The zero-order chi connectivity index (χ0) is 0. The van der Waals surface area contributed by atoms with Gasteiger partial charge in [0, 0.05) is 0 Å². The Morgan fingerprint density at radius 1 is 0.400 bits per heavy atom. The molecule has 0 fully saturated rings. The van der Waals surface area contributed by atoms with Crippen LogP contribution < -0.4 is 148 Å². The minimum atomic E-state index is 0. The molecule has 0 unspecified atom stereocenters. The third kappa shape index (κ3) is 71.0. The fourth-order valence-corrected chi connectivity index (χ4v) is 0. The third-order valence-corrected chi connectivity index (χ3v) is 0. The second kappa shape index (κ2) is 89.2. The van der Waals surface area contributed by atoms with Crippen LogP contribution in [-0.2, 0) is 28.0 Å². The summed E-state index contributed by atoms with van der Waals surface area (Å²) in [6, 6.07) is 0. The van der Waals surface area contributed by atoms with E-state index in [1.54, 1.807) is 0 Å². The molecule has 10 heteroatoms. The van der Waals surface area contributed by atoms with Gasteiger partial charge in [-0.15, -0.1) is 0 Å². The topological polar surface area (TPSA) is 117 Å². The Morgan fingerprint density at radius 3 is 0.400 bits per heavy atom. The fraction of sp³-hybridized carbons (Fsp3) is 0. The van der Waals surface area contributed by atoms with Gasteiger partial charge < -0.3 is 21.9 Å². The number of hydrogen-bond donors (Lipinski definition) is 0. The van der Waals surface area contributed by atoms with Gasteiger partial charge in [0.15, 0.2) is 0 Å². The molecule has 0 bridgehead atoms. The van der Waals surface area contributed by atoms with Crippen LogP contribution in [0.1, 0.15) is 0 Å². The molecule has 10 heavy (non-hydrogen) atoms. The molecule has 0 aromatic heterocycles. The molecule has 0 aliphatic heterocycles. The first-order valence-corrected chi connectivity index (χ1v) is 0. The maximum Gasteiger partial charge on any atom is 1.00 e. The molecule has 42 valence electrons. The summed E-state index contributed by atoms with van der Waals surface area (Å²) in [5, 5.41) is 0. The maximum absolute atomic E-state index is 0. The van der Waals surface area contributed by atoms with Crippen molar-refractivity contribution in [1.29, 1.82) is 0 Å². The summed E-state index contributed by atoms with van der Waals surface area (Å²) in [5.74, 6) is 0. The SMILES string of the molecule is [Cu+].[Na+].[Na+].[Na+].[Na+].[Na+].[O-2].[O-2].[OH-].[OH-]. The van der Waals surface area contributed by atoms with Crippen LogP contribution in [-0.4, -0.2) is 11.0 Å². The largest absolute Gasteiger partial charge is 2.00 e.